The summed E-state index contributed by atoms with van der Waals surface area (Å²) < 4.78 is 0. The molecule has 3 nitrogen and oxygen atoms in total. The lowest BCUT2D eigenvalue weighted by molar-refractivity contribution is -0.124. The van der Waals surface area contributed by atoms with Gasteiger partial charge in [-0.05, 0) is 13.5 Å². The van der Waals surface area contributed by atoms with Gasteiger partial charge in [-0.15, -0.1) is 6.58 Å². The minimum Gasteiger partial charge on any atom is -0.350 e. The number of rotatable bonds is 6. The molecule has 1 amide bonds. The molecule has 13 heavy (non-hydrogen) atoms. The largest absolute Gasteiger partial charge is 0.350 e. The van der Waals surface area contributed by atoms with E-state index in [9.17, 15) is 4.79 Å². The van der Waals surface area contributed by atoms with Gasteiger partial charge in [0, 0.05) is 18.5 Å². The van der Waals surface area contributed by atoms with Gasteiger partial charge in [0.1, 0.15) is 0 Å². The normalized spacial score (nSPS) is 14.7. The van der Waals surface area contributed by atoms with Gasteiger partial charge in [0.15, 0.2) is 0 Å². The van der Waals surface area contributed by atoms with E-state index in [1.54, 1.807) is 6.08 Å². The van der Waals surface area contributed by atoms with Crippen LogP contribution in [-0.4, -0.2) is 25.0 Å². The third kappa shape index (κ3) is 5.42. The maximum absolute atomic E-state index is 11.4. The Hall–Kier alpha value is -0.830. The number of carbonyl (C=O) groups excluding carboxylic acids is 1. The van der Waals surface area contributed by atoms with Crippen LogP contribution < -0.4 is 10.6 Å². The van der Waals surface area contributed by atoms with Crippen molar-refractivity contribution in [2.75, 3.05) is 13.1 Å². The average Bonchev–Trinajstić information content (AvgIpc) is 2.13. The predicted molar refractivity (Wildman–Crippen MR) is 55.5 cm³/mol. The third-order valence-corrected chi connectivity index (χ3v) is 1.87. The van der Waals surface area contributed by atoms with Crippen LogP contribution in [0.1, 0.15) is 20.8 Å². The summed E-state index contributed by atoms with van der Waals surface area (Å²) in [7, 11) is 0. The van der Waals surface area contributed by atoms with Crippen LogP contribution >= 0.6 is 0 Å². The standard InChI is InChI=1S/C10H20N2O/c1-5-9(4)12-10(13)8(3)7-11-6-2/h5,8-9,11H,1,6-7H2,2-4H3,(H,12,13). The fraction of sp³-hybridized carbons (Fsp3) is 0.700. The number of amides is 1. The summed E-state index contributed by atoms with van der Waals surface area (Å²) in [4.78, 5) is 11.4. The van der Waals surface area contributed by atoms with Crippen molar-refractivity contribution in [1.29, 1.82) is 0 Å². The molecule has 0 heterocycles. The molecule has 2 atom stereocenters. The maximum atomic E-state index is 11.4. The molecule has 0 saturated carbocycles. The molecule has 0 aromatic carbocycles. The fourth-order valence-electron chi connectivity index (χ4n) is 0.879. The highest BCUT2D eigenvalue weighted by molar-refractivity contribution is 5.78. The van der Waals surface area contributed by atoms with Gasteiger partial charge in [-0.3, -0.25) is 4.79 Å². The summed E-state index contributed by atoms with van der Waals surface area (Å²) in [5.41, 5.74) is 0. The van der Waals surface area contributed by atoms with Crippen molar-refractivity contribution in [1.82, 2.24) is 10.6 Å². The Balaban J connectivity index is 3.75. The van der Waals surface area contributed by atoms with E-state index in [0.717, 1.165) is 13.1 Å². The van der Waals surface area contributed by atoms with Gasteiger partial charge in [0.05, 0.1) is 0 Å². The van der Waals surface area contributed by atoms with Crippen molar-refractivity contribution in [3.05, 3.63) is 12.7 Å². The van der Waals surface area contributed by atoms with Gasteiger partial charge in [0.25, 0.3) is 0 Å². The zero-order valence-electron chi connectivity index (χ0n) is 8.76. The Morgan fingerprint density at radius 3 is 2.62 bits per heavy atom. The van der Waals surface area contributed by atoms with E-state index < -0.39 is 0 Å². The molecule has 0 aliphatic heterocycles. The first-order chi connectivity index (χ1) is 6.11. The fourth-order valence-corrected chi connectivity index (χ4v) is 0.879. The first kappa shape index (κ1) is 12.2. The first-order valence-electron chi connectivity index (χ1n) is 4.75. The summed E-state index contributed by atoms with van der Waals surface area (Å²) in [6, 6.07) is 0.0524. The van der Waals surface area contributed by atoms with E-state index in [4.69, 9.17) is 0 Å². The molecule has 2 N–H and O–H groups in total. The van der Waals surface area contributed by atoms with Crippen molar-refractivity contribution >= 4 is 5.91 Å². The van der Waals surface area contributed by atoms with Crippen LogP contribution in [0.25, 0.3) is 0 Å². The lowest BCUT2D eigenvalue weighted by Gasteiger charge is -2.14. The molecule has 0 aromatic heterocycles. The topological polar surface area (TPSA) is 41.1 Å². The van der Waals surface area contributed by atoms with Gasteiger partial charge >= 0.3 is 0 Å². The van der Waals surface area contributed by atoms with Gasteiger partial charge in [-0.2, -0.15) is 0 Å². The Bertz CT molecular complexity index is 168. The predicted octanol–water partition coefficient (Wildman–Crippen LogP) is 0.923. The average molecular weight is 184 g/mol. The summed E-state index contributed by atoms with van der Waals surface area (Å²) in [6.45, 7) is 11.1. The second-order valence-electron chi connectivity index (χ2n) is 3.24. The highest BCUT2D eigenvalue weighted by Gasteiger charge is 2.12. The third-order valence-electron chi connectivity index (χ3n) is 1.87. The molecule has 0 aliphatic rings. The lowest BCUT2D eigenvalue weighted by atomic mass is 10.1. The molecular weight excluding hydrogens is 164 g/mol. The summed E-state index contributed by atoms with van der Waals surface area (Å²) in [5.74, 6) is 0.0932. The highest BCUT2D eigenvalue weighted by Crippen LogP contribution is 1.94. The van der Waals surface area contributed by atoms with Crippen LogP contribution in [0, 0.1) is 5.92 Å². The van der Waals surface area contributed by atoms with Crippen molar-refractivity contribution in [2.24, 2.45) is 5.92 Å². The molecule has 0 aliphatic carbocycles. The smallest absolute Gasteiger partial charge is 0.224 e. The second-order valence-corrected chi connectivity index (χ2v) is 3.24. The molecule has 0 aromatic rings. The molecule has 76 valence electrons. The number of carbonyl (C=O) groups is 1. The van der Waals surface area contributed by atoms with Crippen LogP contribution in [0.4, 0.5) is 0 Å². The second kappa shape index (κ2) is 6.66. The van der Waals surface area contributed by atoms with Crippen molar-refractivity contribution in [3.63, 3.8) is 0 Å². The molecule has 0 saturated heterocycles. The monoisotopic (exact) mass is 184 g/mol. The molecule has 0 fully saturated rings. The van der Waals surface area contributed by atoms with Gasteiger partial charge < -0.3 is 10.6 Å². The quantitative estimate of drug-likeness (QED) is 0.603. The van der Waals surface area contributed by atoms with Crippen molar-refractivity contribution < 1.29 is 4.79 Å². The maximum Gasteiger partial charge on any atom is 0.224 e. The first-order valence-corrected chi connectivity index (χ1v) is 4.75. The van der Waals surface area contributed by atoms with Crippen molar-refractivity contribution in [3.8, 4) is 0 Å². The van der Waals surface area contributed by atoms with Crippen LogP contribution in [0.2, 0.25) is 0 Å². The Morgan fingerprint density at radius 2 is 2.15 bits per heavy atom. The summed E-state index contributed by atoms with van der Waals surface area (Å²) in [5, 5.41) is 5.97. The zero-order valence-corrected chi connectivity index (χ0v) is 8.76. The number of hydrogen-bond donors (Lipinski definition) is 2. The number of nitrogens with one attached hydrogen (secondary N) is 2. The van der Waals surface area contributed by atoms with Crippen LogP contribution in [-0.2, 0) is 4.79 Å². The molecule has 3 heteroatoms. The van der Waals surface area contributed by atoms with Crippen LogP contribution in [0.15, 0.2) is 12.7 Å². The van der Waals surface area contributed by atoms with E-state index >= 15 is 0 Å². The molecule has 0 rings (SSSR count). The highest BCUT2D eigenvalue weighted by atomic mass is 16.1. The molecule has 0 bridgehead atoms. The lowest BCUT2D eigenvalue weighted by Crippen LogP contribution is -2.39. The van der Waals surface area contributed by atoms with E-state index in [1.165, 1.54) is 0 Å². The Kier molecular flexibility index (Phi) is 6.24. The summed E-state index contributed by atoms with van der Waals surface area (Å²) in [6.07, 6.45) is 1.72. The Labute approximate surface area is 80.6 Å². The molecule has 0 spiro atoms. The van der Waals surface area contributed by atoms with E-state index in [0.29, 0.717) is 0 Å². The van der Waals surface area contributed by atoms with Crippen LogP contribution in [0.5, 0.6) is 0 Å². The minimum atomic E-state index is 0.0161. The van der Waals surface area contributed by atoms with Gasteiger partial charge in [0.2, 0.25) is 5.91 Å². The van der Waals surface area contributed by atoms with E-state index in [2.05, 4.69) is 17.2 Å². The Morgan fingerprint density at radius 1 is 1.54 bits per heavy atom. The minimum absolute atomic E-state index is 0.0161. The molecule has 0 radical (unpaired) electrons. The van der Waals surface area contributed by atoms with Crippen LogP contribution in [0.3, 0.4) is 0 Å². The number of hydrogen-bond acceptors (Lipinski definition) is 2. The van der Waals surface area contributed by atoms with Crippen molar-refractivity contribution in [2.45, 2.75) is 26.8 Å². The van der Waals surface area contributed by atoms with Gasteiger partial charge in [-0.25, -0.2) is 0 Å². The summed E-state index contributed by atoms with van der Waals surface area (Å²) >= 11 is 0. The van der Waals surface area contributed by atoms with Gasteiger partial charge in [-0.1, -0.05) is 19.9 Å². The molecular formula is C10H20N2O. The molecule has 2 unspecified atom stereocenters. The SMILES string of the molecule is C=CC(C)NC(=O)C(C)CNCC. The van der Waals surface area contributed by atoms with E-state index in [-0.39, 0.29) is 17.9 Å². The zero-order chi connectivity index (χ0) is 10.3. The van der Waals surface area contributed by atoms with E-state index in [1.807, 2.05) is 20.8 Å².